The molecule has 0 saturated heterocycles. The molecule has 76 heavy (non-hydrogen) atoms. The van der Waals surface area contributed by atoms with Crippen LogP contribution in [0.25, 0.3) is 0 Å². The average Bonchev–Trinajstić information content (AvgIpc) is 0.412. The first kappa shape index (κ1) is 29.7. The van der Waals surface area contributed by atoms with Crippen LogP contribution in [0.3, 0.4) is 0 Å². The van der Waals surface area contributed by atoms with Gasteiger partial charge in [0, 0.05) is 0 Å². The van der Waals surface area contributed by atoms with Gasteiger partial charge in [-0.3, -0.25) is 0 Å². The fourth-order valence-corrected chi connectivity index (χ4v) is 80.9. The van der Waals surface area contributed by atoms with Crippen molar-refractivity contribution in [1.82, 2.24) is 0 Å². The fourth-order valence-electron chi connectivity index (χ4n) is 80.9. The van der Waals surface area contributed by atoms with Crippen LogP contribution in [0.1, 0.15) is 117 Å². The number of rotatable bonds is 0. The quantitative estimate of drug-likeness (QED) is 0.227. The second-order valence-corrected chi connectivity index (χ2v) is 48.3. The van der Waals surface area contributed by atoms with E-state index >= 15 is 0 Å². The van der Waals surface area contributed by atoms with Crippen LogP contribution in [-0.4, -0.2) is 0 Å². The molecule has 368 valence electrons. The first-order chi connectivity index (χ1) is 36.0. The van der Waals surface area contributed by atoms with Crippen LogP contribution >= 0.6 is 0 Å². The molecule has 0 aromatic rings. The van der Waals surface area contributed by atoms with E-state index in [0.717, 1.165) is 180 Å². The van der Waals surface area contributed by atoms with E-state index in [1.54, 1.807) is 0 Å². The van der Waals surface area contributed by atoms with Crippen molar-refractivity contribution in [2.75, 3.05) is 0 Å². The predicted octanol–water partition coefficient (Wildman–Crippen LogP) is 10.6. The molecule has 32 spiro atoms. The van der Waals surface area contributed by atoms with E-state index in [0.29, 0.717) is 75.8 Å². The molecule has 0 heterocycles. The van der Waals surface area contributed by atoms with Crippen molar-refractivity contribution in [2.45, 2.75) is 117 Å². The highest BCUT2D eigenvalue weighted by molar-refractivity contribution is 6.36. The summed E-state index contributed by atoms with van der Waals surface area (Å²) in [5.41, 5.74) is 36.8. The second-order valence-electron chi connectivity index (χ2n) is 48.3. The Balaban J connectivity index is 0.745. The number of fused-ring (bicyclic) bond motifs is 20. The summed E-state index contributed by atoms with van der Waals surface area (Å²) >= 11 is 0. The van der Waals surface area contributed by atoms with E-state index in [1.165, 1.54) is 71.0 Å². The third-order valence-electron chi connectivity index (χ3n) is 65.5. The largest absolute Gasteiger partial charge is 0.0616 e. The molecule has 45 fully saturated rings. The topological polar surface area (TPSA) is 0 Å². The zero-order chi connectivity index (χ0) is 47.3. The summed E-state index contributed by atoms with van der Waals surface area (Å²) in [6, 6.07) is 0. The minimum absolute atomic E-state index is 0.434. The first-order valence-electron chi connectivity index (χ1n) is 36.0. The van der Waals surface area contributed by atoms with Crippen LogP contribution in [0.15, 0.2) is 0 Å². The Labute approximate surface area is 441 Å². The van der Waals surface area contributed by atoms with Gasteiger partial charge in [0.2, 0.25) is 0 Å². The summed E-state index contributed by atoms with van der Waals surface area (Å²) < 4.78 is 0. The first-order valence-corrected chi connectivity index (χ1v) is 36.0. The molecule has 0 aliphatic heterocycles. The van der Waals surface area contributed by atoms with Crippen molar-refractivity contribution in [1.29, 1.82) is 0 Å². The molecule has 0 aromatic heterocycles. The van der Waals surface area contributed by atoms with Crippen LogP contribution in [0.2, 0.25) is 0 Å². The lowest BCUT2D eigenvalue weighted by molar-refractivity contribution is -1.27. The van der Waals surface area contributed by atoms with Crippen LogP contribution in [0.5, 0.6) is 0 Å². The maximum atomic E-state index is 3.44. The standard InChI is InChI=1S/C76H64/c1-18-22-26-24-20-17-21-25-28-30-31-29-27-23-19(2)33(5)37(9)39(11)35(7)32(3,4)36(8)40(12)42(14)44(16)43(15)41(13)38(10)34(18,6)46(22)50(26)48(24)45(20,21)49(25)52(28)54(30)55(31)53(29)51(27)47(23,33)57(37)59(39)56(35,36)60(40)62(42)64(44)63(43)61(41)58(38,46)66(50)65(48,49)68(52)70(54)71(55)69(53)67(51,57)72(59,60)74(62,69)76(64,71)75(63,70)73(61,66)68/h18-31H,17H2,1-16H3/t18-,19?,20+,21?,22-,23?,24+,25+,26-,27-,28+,29-,30+,31-,33?,34?,35+,36+,37?,38-,39?,40+,41-,42+,43?,44?,45?,46?,47?,48?,49+,50?,51-,52+,53-,54?,55?,56+,57?,58-,59?,60+,61-,62+,63?,64?,65+,66-,67-,68+,69-,70?,71?,72+,73+,74+,75?,76?/m0/s1. The lowest BCUT2D eigenvalue weighted by atomic mass is 8.27. The Kier molecular flexibility index (Phi) is 1.64. The van der Waals surface area contributed by atoms with Crippen LogP contribution < -0.4 is 0 Å². The summed E-state index contributed by atoms with van der Waals surface area (Å²) in [4.78, 5) is 0. The highest BCUT2D eigenvalue weighted by Crippen LogP contribution is 3.80. The lowest BCUT2D eigenvalue weighted by Gasteiger charge is -3.75. The molecule has 45 aliphatic rings. The number of hydrogen-bond donors (Lipinski definition) is 0. The van der Waals surface area contributed by atoms with Crippen molar-refractivity contribution < 1.29 is 0 Å². The molecule has 24 unspecified atom stereocenters. The molecule has 0 bridgehead atoms. The van der Waals surface area contributed by atoms with Crippen molar-refractivity contribution in [3.8, 4) is 0 Å². The Hall–Kier alpha value is 0. The molecule has 0 amide bonds. The van der Waals surface area contributed by atoms with Gasteiger partial charge in [0.25, 0.3) is 0 Å². The van der Waals surface area contributed by atoms with Gasteiger partial charge in [-0.05, 0) is 333 Å². The summed E-state index contributed by atoms with van der Waals surface area (Å²) in [6.45, 7) is 52.1. The zero-order valence-corrected chi connectivity index (χ0v) is 47.3. The minimum atomic E-state index is 0.434. The molecule has 45 aliphatic carbocycles. The van der Waals surface area contributed by atoms with Gasteiger partial charge in [0.05, 0.1) is 0 Å². The van der Waals surface area contributed by atoms with Crippen molar-refractivity contribution >= 4 is 0 Å². The summed E-state index contributed by atoms with van der Waals surface area (Å²) in [5, 5.41) is 0. The second kappa shape index (κ2) is 4.19. The van der Waals surface area contributed by atoms with E-state index in [9.17, 15) is 0 Å². The molecule has 58 atom stereocenters. The molecule has 0 nitrogen and oxygen atoms in total. The van der Waals surface area contributed by atoms with Crippen molar-refractivity contribution in [2.24, 2.45) is 310 Å². The maximum Gasteiger partial charge on any atom is -0.0000484 e. The predicted molar refractivity (Wildman–Crippen MR) is 256 cm³/mol. The maximum absolute atomic E-state index is 3.44. The third-order valence-corrected chi connectivity index (χ3v) is 65.5. The molecule has 0 aromatic carbocycles. The third kappa shape index (κ3) is 0.586. The zero-order valence-electron chi connectivity index (χ0n) is 47.3. The molecule has 0 N–H and O–H groups in total. The van der Waals surface area contributed by atoms with Gasteiger partial charge in [-0.25, -0.2) is 0 Å². The van der Waals surface area contributed by atoms with E-state index in [1.807, 2.05) is 6.42 Å². The molecule has 45 saturated carbocycles. The van der Waals surface area contributed by atoms with Crippen LogP contribution in [0.4, 0.5) is 0 Å². The lowest BCUT2D eigenvalue weighted by Crippen LogP contribution is -3.73. The van der Waals surface area contributed by atoms with Gasteiger partial charge >= 0.3 is 0 Å². The average molecular weight is 977 g/mol. The smallest absolute Gasteiger partial charge is 0.0000484 e. The van der Waals surface area contributed by atoms with Crippen molar-refractivity contribution in [3.63, 3.8) is 0 Å². The SMILES string of the molecule is CC1C2[C@H]3[C@H]4[C@H]5[C@H]6[C@H]7[C@H]8C9C[C@@H]%10[C@@H]%11[C@@H]%12[C@@H]%13[C@H](C)C%14(C)C%13%15C%12%13C%11%12C9%10[C@@]89[C@@]78C67C56C5%10C7%11C7%16C%17%18C(C)(C%19(C)C%17%20C57[C@]57[C@]%10%17[C@]46[C@@]34C23C1(C)C1(C)C2(C)C6%10C13[C@@]4%17[C@]65[C@@]13[C@@](C)([C@@]%19(C)[C@@]%2071)[C@@]1(C)C(C)(C)[C@@]2(C)[C@]%1013)[C@]1(C)[C@@]%14(C)[C@@]%152[C@]%181[C@@]%161[C@]%118[C@]%129[C@]%1321. The Morgan fingerprint density at radius 2 is 0.487 bits per heavy atom. The fraction of sp³-hybridized carbons (Fsp3) is 1.00. The van der Waals surface area contributed by atoms with Gasteiger partial charge in [-0.2, -0.15) is 0 Å². The highest BCUT2D eigenvalue weighted by atomic mass is 15.8. The number of hydrogen-bond acceptors (Lipinski definition) is 0. The van der Waals surface area contributed by atoms with Crippen LogP contribution in [0, 0.1) is 327 Å². The van der Waals surface area contributed by atoms with E-state index in [-0.39, 0.29) is 0 Å². The highest BCUT2D eigenvalue weighted by Gasteiger charge is 3.79. The Bertz CT molecular complexity index is 5190. The van der Waals surface area contributed by atoms with Gasteiger partial charge < -0.3 is 0 Å². The van der Waals surface area contributed by atoms with E-state index < -0.39 is 0 Å². The minimum Gasteiger partial charge on any atom is -0.0616 e. The van der Waals surface area contributed by atoms with E-state index in [2.05, 4.69) is 111 Å². The van der Waals surface area contributed by atoms with Gasteiger partial charge in [0.1, 0.15) is 0 Å². The Morgan fingerprint density at radius 3 is 0.987 bits per heavy atom. The summed E-state index contributed by atoms with van der Waals surface area (Å²) in [5.74, 6) is 17.7. The molecule has 45 rings (SSSR count). The normalized spacial score (nSPS) is 133. The van der Waals surface area contributed by atoms with Crippen LogP contribution in [-0.2, 0) is 0 Å². The van der Waals surface area contributed by atoms with E-state index in [4.69, 9.17) is 0 Å². The summed E-state index contributed by atoms with van der Waals surface area (Å²) in [7, 11) is 0. The molecular formula is C76H64. The Morgan fingerprint density at radius 1 is 0.211 bits per heavy atom. The van der Waals surface area contributed by atoms with Gasteiger partial charge in [-0.15, -0.1) is 0 Å². The van der Waals surface area contributed by atoms with Gasteiger partial charge in [0.15, 0.2) is 0 Å². The molecule has 0 heteroatoms. The molecule has 0 radical (unpaired) electrons. The summed E-state index contributed by atoms with van der Waals surface area (Å²) in [6.07, 6.45) is 1.82. The monoisotopic (exact) mass is 977 g/mol. The van der Waals surface area contributed by atoms with Crippen molar-refractivity contribution in [3.05, 3.63) is 16.2 Å². The van der Waals surface area contributed by atoms with Gasteiger partial charge in [-0.1, -0.05) is 111 Å². The molecular weight excluding hydrogens is 913 g/mol.